The van der Waals surface area contributed by atoms with Crippen LogP contribution >= 0.6 is 0 Å². The van der Waals surface area contributed by atoms with Crippen LogP contribution in [-0.2, 0) is 9.47 Å². The number of ether oxygens (including phenoxy) is 2. The highest BCUT2D eigenvalue weighted by Crippen LogP contribution is 2.51. The predicted octanol–water partition coefficient (Wildman–Crippen LogP) is 2.19. The van der Waals surface area contributed by atoms with Crippen molar-refractivity contribution in [3.63, 3.8) is 0 Å². The lowest BCUT2D eigenvalue weighted by atomic mass is 9.65. The van der Waals surface area contributed by atoms with Crippen LogP contribution in [0.2, 0.25) is 0 Å². The van der Waals surface area contributed by atoms with Crippen LogP contribution in [-0.4, -0.2) is 19.0 Å². The molecule has 2 heteroatoms. The molecule has 1 spiro atoms. The van der Waals surface area contributed by atoms with E-state index < -0.39 is 0 Å². The largest absolute Gasteiger partial charge is 0.348 e. The molecule has 1 heterocycles. The molecule has 0 bridgehead atoms. The van der Waals surface area contributed by atoms with Gasteiger partial charge in [0.05, 0.1) is 13.2 Å². The number of hydrogen-bond acceptors (Lipinski definition) is 2. The highest BCUT2D eigenvalue weighted by molar-refractivity contribution is 4.95. The number of rotatable bonds is 0. The first-order chi connectivity index (χ1) is 5.52. The molecule has 0 atom stereocenters. The van der Waals surface area contributed by atoms with Gasteiger partial charge in [0, 0.05) is 12.8 Å². The van der Waals surface area contributed by atoms with E-state index in [2.05, 4.69) is 20.8 Å². The maximum Gasteiger partial charge on any atom is 0.169 e. The standard InChI is InChI=1S/C10H18O2/c1-9(2,3)8-6-10(7-8)11-4-5-12-10/h8H,4-7H2,1-3H3. The second-order valence-corrected chi connectivity index (χ2v) is 5.08. The van der Waals surface area contributed by atoms with Gasteiger partial charge in [-0.3, -0.25) is 0 Å². The lowest BCUT2D eigenvalue weighted by molar-refractivity contribution is -0.245. The third-order valence-electron chi connectivity index (χ3n) is 3.15. The summed E-state index contributed by atoms with van der Waals surface area (Å²) >= 11 is 0. The van der Waals surface area contributed by atoms with Crippen LogP contribution < -0.4 is 0 Å². The fourth-order valence-electron chi connectivity index (χ4n) is 2.04. The highest BCUT2D eigenvalue weighted by atomic mass is 16.7. The minimum Gasteiger partial charge on any atom is -0.348 e. The first-order valence-electron chi connectivity index (χ1n) is 4.80. The van der Waals surface area contributed by atoms with E-state index in [0.29, 0.717) is 5.41 Å². The SMILES string of the molecule is CC(C)(C)C1CC2(C1)OCCO2. The maximum atomic E-state index is 5.58. The molecule has 1 saturated heterocycles. The molecule has 2 nitrogen and oxygen atoms in total. The summed E-state index contributed by atoms with van der Waals surface area (Å²) in [6.07, 6.45) is 2.19. The van der Waals surface area contributed by atoms with Crippen LogP contribution in [0.1, 0.15) is 33.6 Å². The third-order valence-corrected chi connectivity index (χ3v) is 3.15. The van der Waals surface area contributed by atoms with Crippen LogP contribution in [0.5, 0.6) is 0 Å². The molecule has 0 amide bonds. The minimum absolute atomic E-state index is 0.155. The molecule has 1 aliphatic carbocycles. The van der Waals surface area contributed by atoms with Crippen molar-refractivity contribution in [1.82, 2.24) is 0 Å². The van der Waals surface area contributed by atoms with E-state index in [1.165, 1.54) is 0 Å². The summed E-state index contributed by atoms with van der Waals surface area (Å²) in [4.78, 5) is 0. The van der Waals surface area contributed by atoms with Crippen LogP contribution in [0, 0.1) is 11.3 Å². The Morgan fingerprint density at radius 3 is 2.00 bits per heavy atom. The molecule has 0 aromatic carbocycles. The van der Waals surface area contributed by atoms with Crippen molar-refractivity contribution in [2.45, 2.75) is 39.4 Å². The molecule has 0 unspecified atom stereocenters. The van der Waals surface area contributed by atoms with Crippen molar-refractivity contribution in [1.29, 1.82) is 0 Å². The van der Waals surface area contributed by atoms with Crippen molar-refractivity contribution in [2.75, 3.05) is 13.2 Å². The van der Waals surface area contributed by atoms with E-state index in [1.54, 1.807) is 0 Å². The quantitative estimate of drug-likeness (QED) is 0.555. The van der Waals surface area contributed by atoms with Gasteiger partial charge in [0.15, 0.2) is 5.79 Å². The smallest absolute Gasteiger partial charge is 0.169 e. The molecule has 2 rings (SSSR count). The summed E-state index contributed by atoms with van der Waals surface area (Å²) in [6.45, 7) is 8.45. The summed E-state index contributed by atoms with van der Waals surface area (Å²) in [5.74, 6) is 0.619. The van der Waals surface area contributed by atoms with E-state index in [-0.39, 0.29) is 5.79 Å². The third kappa shape index (κ3) is 1.27. The Hall–Kier alpha value is -0.0800. The van der Waals surface area contributed by atoms with Gasteiger partial charge in [-0.1, -0.05) is 20.8 Å². The van der Waals surface area contributed by atoms with Crippen LogP contribution in [0.25, 0.3) is 0 Å². The first-order valence-corrected chi connectivity index (χ1v) is 4.80. The molecule has 1 saturated carbocycles. The zero-order valence-electron chi connectivity index (χ0n) is 8.22. The van der Waals surface area contributed by atoms with Gasteiger partial charge in [-0.05, 0) is 11.3 Å². The molecular weight excluding hydrogens is 152 g/mol. The zero-order valence-corrected chi connectivity index (χ0v) is 8.22. The molecule has 2 fully saturated rings. The van der Waals surface area contributed by atoms with Gasteiger partial charge in [-0.2, -0.15) is 0 Å². The Kier molecular flexibility index (Phi) is 1.74. The van der Waals surface area contributed by atoms with E-state index in [1.807, 2.05) is 0 Å². The van der Waals surface area contributed by atoms with Gasteiger partial charge in [0.25, 0.3) is 0 Å². The van der Waals surface area contributed by atoms with Gasteiger partial charge in [0.1, 0.15) is 0 Å². The molecule has 0 radical (unpaired) electrons. The van der Waals surface area contributed by atoms with E-state index in [4.69, 9.17) is 9.47 Å². The van der Waals surface area contributed by atoms with Gasteiger partial charge in [-0.25, -0.2) is 0 Å². The molecular formula is C10H18O2. The van der Waals surface area contributed by atoms with Crippen molar-refractivity contribution in [2.24, 2.45) is 11.3 Å². The van der Waals surface area contributed by atoms with Crippen LogP contribution in [0.3, 0.4) is 0 Å². The fraction of sp³-hybridized carbons (Fsp3) is 1.00. The van der Waals surface area contributed by atoms with Gasteiger partial charge < -0.3 is 9.47 Å². The Morgan fingerprint density at radius 1 is 1.08 bits per heavy atom. The van der Waals surface area contributed by atoms with Gasteiger partial charge in [0.2, 0.25) is 0 Å². The molecule has 0 N–H and O–H groups in total. The fourth-order valence-corrected chi connectivity index (χ4v) is 2.04. The van der Waals surface area contributed by atoms with Crippen molar-refractivity contribution in [3.8, 4) is 0 Å². The van der Waals surface area contributed by atoms with Gasteiger partial charge in [-0.15, -0.1) is 0 Å². The summed E-state index contributed by atoms with van der Waals surface area (Å²) in [5, 5.41) is 0. The summed E-state index contributed by atoms with van der Waals surface area (Å²) < 4.78 is 11.2. The van der Waals surface area contributed by atoms with E-state index in [9.17, 15) is 0 Å². The Labute approximate surface area is 74.2 Å². The normalized spacial score (nSPS) is 29.2. The van der Waals surface area contributed by atoms with Crippen molar-refractivity contribution in [3.05, 3.63) is 0 Å². The summed E-state index contributed by atoms with van der Waals surface area (Å²) in [6, 6.07) is 0. The zero-order chi connectivity index (χ0) is 8.82. The molecule has 1 aliphatic heterocycles. The summed E-state index contributed by atoms with van der Waals surface area (Å²) in [7, 11) is 0. The molecule has 0 aromatic heterocycles. The van der Waals surface area contributed by atoms with Crippen molar-refractivity contribution >= 4 is 0 Å². The molecule has 0 aromatic rings. The van der Waals surface area contributed by atoms with Crippen molar-refractivity contribution < 1.29 is 9.47 Å². The van der Waals surface area contributed by atoms with E-state index in [0.717, 1.165) is 32.0 Å². The maximum absolute atomic E-state index is 5.58. The monoisotopic (exact) mass is 170 g/mol. The topological polar surface area (TPSA) is 18.5 Å². The lowest BCUT2D eigenvalue weighted by Crippen LogP contribution is -2.49. The van der Waals surface area contributed by atoms with Gasteiger partial charge >= 0.3 is 0 Å². The number of hydrogen-bond donors (Lipinski definition) is 0. The lowest BCUT2D eigenvalue weighted by Gasteiger charge is -2.48. The molecule has 12 heavy (non-hydrogen) atoms. The molecule has 70 valence electrons. The second-order valence-electron chi connectivity index (χ2n) is 5.08. The molecule has 2 aliphatic rings. The minimum atomic E-state index is -0.155. The first kappa shape index (κ1) is 8.52. The highest BCUT2D eigenvalue weighted by Gasteiger charge is 2.52. The Morgan fingerprint density at radius 2 is 1.58 bits per heavy atom. The Bertz CT molecular complexity index is 167. The average molecular weight is 170 g/mol. The Balaban J connectivity index is 1.90. The van der Waals surface area contributed by atoms with Crippen LogP contribution in [0.15, 0.2) is 0 Å². The van der Waals surface area contributed by atoms with E-state index >= 15 is 0 Å². The average Bonchev–Trinajstić information content (AvgIpc) is 2.27. The predicted molar refractivity (Wildman–Crippen MR) is 46.8 cm³/mol. The summed E-state index contributed by atoms with van der Waals surface area (Å²) in [5.41, 5.74) is 0.417. The van der Waals surface area contributed by atoms with Crippen LogP contribution in [0.4, 0.5) is 0 Å². The second kappa shape index (κ2) is 2.46.